The molecule has 1 fully saturated rings. The zero-order chi connectivity index (χ0) is 27.0. The molecule has 38 heavy (non-hydrogen) atoms. The number of carboxylic acid groups (broad SMARTS) is 1. The lowest BCUT2D eigenvalue weighted by atomic mass is 10.1. The van der Waals surface area contributed by atoms with Gasteiger partial charge in [0.25, 0.3) is 5.91 Å². The van der Waals surface area contributed by atoms with Crippen LogP contribution in [0.2, 0.25) is 5.02 Å². The number of aromatic nitrogens is 3. The molecule has 1 aliphatic heterocycles. The molecule has 4 aromatic rings. The molecule has 0 atom stereocenters. The number of nitrogens with zero attached hydrogens (tertiary/aromatic N) is 6. The van der Waals surface area contributed by atoms with Crippen molar-refractivity contribution in [2.45, 2.75) is 0 Å². The van der Waals surface area contributed by atoms with Gasteiger partial charge in [-0.05, 0) is 36.4 Å². The molecule has 2 aromatic carbocycles. The van der Waals surface area contributed by atoms with Crippen LogP contribution in [0.4, 0.5) is 26.4 Å². The lowest BCUT2D eigenvalue weighted by Gasteiger charge is -2.33. The van der Waals surface area contributed by atoms with Gasteiger partial charge in [-0.3, -0.25) is 9.78 Å². The molecule has 0 bridgehead atoms. The molecule has 2 amide bonds. The summed E-state index contributed by atoms with van der Waals surface area (Å²) in [7, 11) is 1.48. The van der Waals surface area contributed by atoms with Gasteiger partial charge in [0.05, 0.1) is 39.4 Å². The summed E-state index contributed by atoms with van der Waals surface area (Å²) in [6, 6.07) is 11.1. The van der Waals surface area contributed by atoms with Crippen LogP contribution in [0.1, 0.15) is 10.4 Å². The molecule has 1 saturated heterocycles. The number of anilines is 3. The van der Waals surface area contributed by atoms with Crippen molar-refractivity contribution in [3.63, 3.8) is 0 Å². The van der Waals surface area contributed by atoms with E-state index in [-0.39, 0.29) is 16.3 Å². The highest BCUT2D eigenvalue weighted by atomic mass is 35.5. The van der Waals surface area contributed by atoms with E-state index in [9.17, 15) is 14.0 Å². The number of rotatable bonds is 4. The second kappa shape index (κ2) is 10.1. The molecule has 3 heterocycles. The van der Waals surface area contributed by atoms with E-state index in [0.29, 0.717) is 54.2 Å². The molecule has 12 heteroatoms. The van der Waals surface area contributed by atoms with Gasteiger partial charge >= 0.3 is 6.09 Å². The molecule has 0 saturated carbocycles. The molecular formula is C26H23ClFN7O3. The Bertz CT molecular complexity index is 1520. The maximum Gasteiger partial charge on any atom is 0.407 e. The minimum absolute atomic E-state index is 0.00278. The van der Waals surface area contributed by atoms with Crippen LogP contribution in [-0.4, -0.2) is 70.2 Å². The number of nitrogens with two attached hydrogens (primary N) is 1. The second-order valence-corrected chi connectivity index (χ2v) is 9.15. The quantitative estimate of drug-likeness (QED) is 0.373. The predicted octanol–water partition coefficient (Wildman–Crippen LogP) is 4.14. The van der Waals surface area contributed by atoms with Crippen molar-refractivity contribution in [1.82, 2.24) is 19.9 Å². The van der Waals surface area contributed by atoms with Crippen LogP contribution >= 0.6 is 11.6 Å². The zero-order valence-electron chi connectivity index (χ0n) is 20.3. The largest absolute Gasteiger partial charge is 0.465 e. The average molecular weight is 536 g/mol. The van der Waals surface area contributed by atoms with Gasteiger partial charge in [0.2, 0.25) is 0 Å². The molecular weight excluding hydrogens is 513 g/mol. The topological polar surface area (TPSA) is 129 Å². The molecule has 0 spiro atoms. The summed E-state index contributed by atoms with van der Waals surface area (Å²) in [6.07, 6.45) is 2.36. The Balaban J connectivity index is 1.41. The number of halogens is 2. The van der Waals surface area contributed by atoms with Gasteiger partial charge < -0.3 is 25.5 Å². The lowest BCUT2D eigenvalue weighted by molar-refractivity contribution is 0.0989. The summed E-state index contributed by atoms with van der Waals surface area (Å²) < 4.78 is 14.3. The summed E-state index contributed by atoms with van der Waals surface area (Å²) in [5.41, 5.74) is 8.87. The molecule has 194 valence electrons. The number of hydrogen-bond acceptors (Lipinski definition) is 7. The molecule has 2 aromatic heterocycles. The van der Waals surface area contributed by atoms with Crippen LogP contribution in [0, 0.1) is 5.82 Å². The smallest absolute Gasteiger partial charge is 0.407 e. The summed E-state index contributed by atoms with van der Waals surface area (Å²) in [5, 5.41) is 9.13. The van der Waals surface area contributed by atoms with Gasteiger partial charge in [0.15, 0.2) is 0 Å². The zero-order valence-corrected chi connectivity index (χ0v) is 21.1. The first-order valence-electron chi connectivity index (χ1n) is 11.7. The van der Waals surface area contributed by atoms with Crippen LogP contribution in [0.15, 0.2) is 54.9 Å². The first-order chi connectivity index (χ1) is 18.2. The second-order valence-electron chi connectivity index (χ2n) is 8.74. The normalized spacial score (nSPS) is 13.6. The van der Waals surface area contributed by atoms with Crippen LogP contribution < -0.4 is 15.5 Å². The average Bonchev–Trinajstić information content (AvgIpc) is 2.93. The van der Waals surface area contributed by atoms with Crippen molar-refractivity contribution in [1.29, 1.82) is 0 Å². The van der Waals surface area contributed by atoms with E-state index >= 15 is 0 Å². The van der Waals surface area contributed by atoms with Crippen molar-refractivity contribution in [2.75, 3.05) is 48.8 Å². The summed E-state index contributed by atoms with van der Waals surface area (Å²) in [4.78, 5) is 42.5. The van der Waals surface area contributed by atoms with E-state index in [1.807, 2.05) is 17.0 Å². The number of piperazine rings is 1. The molecule has 10 nitrogen and oxygen atoms in total. The summed E-state index contributed by atoms with van der Waals surface area (Å²) in [5.74, 6) is -0.635. The van der Waals surface area contributed by atoms with Crippen molar-refractivity contribution >= 4 is 51.8 Å². The third kappa shape index (κ3) is 4.63. The highest BCUT2D eigenvalue weighted by molar-refractivity contribution is 6.34. The minimum Gasteiger partial charge on any atom is -0.465 e. The first kappa shape index (κ1) is 25.2. The summed E-state index contributed by atoms with van der Waals surface area (Å²) in [6.45, 7) is 1.93. The van der Waals surface area contributed by atoms with Gasteiger partial charge in [-0.15, -0.1) is 0 Å². The van der Waals surface area contributed by atoms with Crippen molar-refractivity contribution in [2.24, 2.45) is 0 Å². The summed E-state index contributed by atoms with van der Waals surface area (Å²) >= 11 is 6.08. The number of benzene rings is 2. The fourth-order valence-corrected chi connectivity index (χ4v) is 4.59. The maximum atomic E-state index is 14.3. The van der Waals surface area contributed by atoms with Crippen molar-refractivity contribution < 1.29 is 19.1 Å². The van der Waals surface area contributed by atoms with E-state index in [4.69, 9.17) is 22.4 Å². The molecule has 0 aliphatic carbocycles. The SMILES string of the molecule is CN(C(=O)c1c(F)cccc1Cl)c1ccc2ncc(-c3ccc(N4CCN(C(=O)O)CC4)nc3)nc2c1N. The van der Waals surface area contributed by atoms with Gasteiger partial charge in [0, 0.05) is 45.0 Å². The van der Waals surface area contributed by atoms with Gasteiger partial charge in [-0.1, -0.05) is 17.7 Å². The molecule has 0 unspecified atom stereocenters. The third-order valence-electron chi connectivity index (χ3n) is 6.49. The van der Waals surface area contributed by atoms with Gasteiger partial charge in [-0.25, -0.2) is 19.2 Å². The number of fused-ring (bicyclic) bond motifs is 1. The highest BCUT2D eigenvalue weighted by Crippen LogP contribution is 2.32. The number of pyridine rings is 1. The van der Waals surface area contributed by atoms with E-state index in [0.717, 1.165) is 5.82 Å². The monoisotopic (exact) mass is 535 g/mol. The molecule has 3 N–H and O–H groups in total. The number of carbonyl (C=O) groups is 2. The maximum absolute atomic E-state index is 14.3. The third-order valence-corrected chi connectivity index (χ3v) is 6.81. The molecule has 1 aliphatic rings. The fraction of sp³-hybridized carbons (Fsp3) is 0.192. The van der Waals surface area contributed by atoms with Gasteiger partial charge in [0.1, 0.15) is 17.2 Å². The number of amides is 2. The van der Waals surface area contributed by atoms with Gasteiger partial charge in [-0.2, -0.15) is 0 Å². The Morgan fingerprint density at radius 1 is 1.05 bits per heavy atom. The number of hydrogen-bond donors (Lipinski definition) is 2. The van der Waals surface area contributed by atoms with Crippen molar-refractivity contribution in [3.8, 4) is 11.3 Å². The van der Waals surface area contributed by atoms with E-state index < -0.39 is 17.8 Å². The van der Waals surface area contributed by atoms with Crippen LogP contribution in [0.3, 0.4) is 0 Å². The van der Waals surface area contributed by atoms with Crippen LogP contribution in [0.5, 0.6) is 0 Å². The Kier molecular flexibility index (Phi) is 6.68. The van der Waals surface area contributed by atoms with E-state index in [2.05, 4.69) is 15.0 Å². The Morgan fingerprint density at radius 3 is 2.47 bits per heavy atom. The van der Waals surface area contributed by atoms with Crippen LogP contribution in [0.25, 0.3) is 22.3 Å². The minimum atomic E-state index is -0.920. The molecule has 0 radical (unpaired) electrons. The van der Waals surface area contributed by atoms with Crippen molar-refractivity contribution in [3.05, 3.63) is 71.3 Å². The fourth-order valence-electron chi connectivity index (χ4n) is 4.35. The Labute approximate surface area is 222 Å². The first-order valence-corrected chi connectivity index (χ1v) is 12.1. The molecule has 5 rings (SSSR count). The number of nitrogen functional groups attached to an aromatic ring is 1. The Morgan fingerprint density at radius 2 is 1.82 bits per heavy atom. The van der Waals surface area contributed by atoms with E-state index in [1.165, 1.54) is 35.0 Å². The van der Waals surface area contributed by atoms with E-state index in [1.54, 1.807) is 24.5 Å². The Hall–Kier alpha value is -4.51. The lowest BCUT2D eigenvalue weighted by Crippen LogP contribution is -2.48. The highest BCUT2D eigenvalue weighted by Gasteiger charge is 2.24. The standard InChI is InChI=1S/C26H23ClFN7O3/c1-33(25(36)22-16(27)3-2-4-17(22)28)20-7-6-18-24(23(20)29)32-19(14-30-18)15-5-8-21(31-13-15)34-9-11-35(12-10-34)26(37)38/h2-8,13-14H,9-12,29H2,1H3,(H,37,38). The predicted molar refractivity (Wildman–Crippen MR) is 143 cm³/mol. The van der Waals surface area contributed by atoms with Crippen LogP contribution in [-0.2, 0) is 0 Å². The number of carbonyl (C=O) groups excluding carboxylic acids is 1.